The summed E-state index contributed by atoms with van der Waals surface area (Å²) in [7, 11) is 0. The number of alkyl halides is 3. The van der Waals surface area contributed by atoms with E-state index in [4.69, 9.17) is 10.00 Å². The molecule has 0 unspecified atom stereocenters. The third kappa shape index (κ3) is 3.36. The summed E-state index contributed by atoms with van der Waals surface area (Å²) >= 11 is 0. The molecule has 0 bridgehead atoms. The number of nitriles is 1. The maximum atomic E-state index is 13.9. The second-order valence-electron chi connectivity index (χ2n) is 4.87. The van der Waals surface area contributed by atoms with E-state index in [2.05, 4.69) is 5.32 Å². The van der Waals surface area contributed by atoms with Crippen molar-refractivity contribution in [3.63, 3.8) is 0 Å². The van der Waals surface area contributed by atoms with Crippen LogP contribution in [0.5, 0.6) is 0 Å². The van der Waals surface area contributed by atoms with Gasteiger partial charge in [-0.05, 0) is 18.6 Å². The molecule has 0 saturated carbocycles. The molecule has 0 aliphatic carbocycles. The molecule has 0 radical (unpaired) electrons. The predicted molar refractivity (Wildman–Crippen MR) is 67.2 cm³/mol. The van der Waals surface area contributed by atoms with Crippen LogP contribution in [0.1, 0.15) is 22.3 Å². The van der Waals surface area contributed by atoms with E-state index in [9.17, 15) is 22.4 Å². The van der Waals surface area contributed by atoms with Crippen LogP contribution in [-0.2, 0) is 10.9 Å². The minimum atomic E-state index is -4.89. The summed E-state index contributed by atoms with van der Waals surface area (Å²) in [5.41, 5.74) is -2.26. The van der Waals surface area contributed by atoms with E-state index in [1.54, 1.807) is 0 Å². The number of halogens is 4. The highest BCUT2D eigenvalue weighted by Crippen LogP contribution is 2.32. The maximum Gasteiger partial charge on any atom is 0.419 e. The first kappa shape index (κ1) is 16.2. The molecule has 1 aliphatic rings. The van der Waals surface area contributed by atoms with Crippen molar-refractivity contribution in [2.75, 3.05) is 13.2 Å². The molecule has 1 fully saturated rings. The van der Waals surface area contributed by atoms with E-state index >= 15 is 0 Å². The largest absolute Gasteiger partial charge is 0.419 e. The topological polar surface area (TPSA) is 62.1 Å². The predicted octanol–water partition coefficient (Wildman–Crippen LogP) is 2.50. The zero-order valence-electron chi connectivity index (χ0n) is 11.3. The Morgan fingerprint density at radius 2 is 2.18 bits per heavy atom. The van der Waals surface area contributed by atoms with Gasteiger partial charge in [0.1, 0.15) is 11.9 Å². The summed E-state index contributed by atoms with van der Waals surface area (Å²) in [5.74, 6) is -2.96. The fourth-order valence-corrected chi connectivity index (χ4v) is 2.22. The Morgan fingerprint density at radius 1 is 1.45 bits per heavy atom. The molecule has 2 rings (SSSR count). The molecule has 1 heterocycles. The molecule has 0 spiro atoms. The third-order valence-corrected chi connectivity index (χ3v) is 3.41. The standard InChI is InChI=1S/C14H12F4N2O2/c15-12-9(2-1-3-10(12)14(16,17)18)13(21)20-11(6-19)8-4-5-22-7-8/h1-3,8,11H,4-5,7H2,(H,20,21)/t8-,11+/m0/s1. The van der Waals surface area contributed by atoms with Crippen molar-refractivity contribution in [3.05, 3.63) is 35.1 Å². The third-order valence-electron chi connectivity index (χ3n) is 3.41. The number of benzene rings is 1. The van der Waals surface area contributed by atoms with E-state index < -0.39 is 35.1 Å². The molecular formula is C14H12F4N2O2. The van der Waals surface area contributed by atoms with Crippen LogP contribution in [-0.4, -0.2) is 25.2 Å². The van der Waals surface area contributed by atoms with Gasteiger partial charge in [0.2, 0.25) is 0 Å². The Bertz CT molecular complexity index is 604. The zero-order chi connectivity index (χ0) is 16.3. The van der Waals surface area contributed by atoms with Gasteiger partial charge in [0.25, 0.3) is 5.91 Å². The lowest BCUT2D eigenvalue weighted by atomic mass is 9.99. The highest BCUT2D eigenvalue weighted by molar-refractivity contribution is 5.95. The van der Waals surface area contributed by atoms with E-state index in [-0.39, 0.29) is 12.5 Å². The first-order chi connectivity index (χ1) is 10.3. The average molecular weight is 316 g/mol. The van der Waals surface area contributed by atoms with Crippen LogP contribution in [0.4, 0.5) is 17.6 Å². The van der Waals surface area contributed by atoms with Crippen molar-refractivity contribution < 1.29 is 27.1 Å². The summed E-state index contributed by atoms with van der Waals surface area (Å²) in [5, 5.41) is 11.3. The van der Waals surface area contributed by atoms with Crippen molar-refractivity contribution in [1.29, 1.82) is 5.26 Å². The number of ether oxygens (including phenoxy) is 1. The quantitative estimate of drug-likeness (QED) is 0.872. The van der Waals surface area contributed by atoms with Crippen LogP contribution in [0.3, 0.4) is 0 Å². The van der Waals surface area contributed by atoms with Crippen LogP contribution in [0.2, 0.25) is 0 Å². The summed E-state index contributed by atoms with van der Waals surface area (Å²) in [4.78, 5) is 12.0. The van der Waals surface area contributed by atoms with Crippen LogP contribution in [0, 0.1) is 23.1 Å². The van der Waals surface area contributed by atoms with Crippen LogP contribution < -0.4 is 5.32 Å². The Hall–Kier alpha value is -2.14. The fraction of sp³-hybridized carbons (Fsp3) is 0.429. The van der Waals surface area contributed by atoms with E-state index in [1.807, 2.05) is 6.07 Å². The molecule has 4 nitrogen and oxygen atoms in total. The van der Waals surface area contributed by atoms with E-state index in [1.165, 1.54) is 0 Å². The maximum absolute atomic E-state index is 13.9. The Balaban J connectivity index is 2.21. The number of rotatable bonds is 3. The molecule has 1 N–H and O–H groups in total. The van der Waals surface area contributed by atoms with Crippen LogP contribution >= 0.6 is 0 Å². The van der Waals surface area contributed by atoms with Crippen molar-refractivity contribution in [2.24, 2.45) is 5.92 Å². The number of amides is 1. The van der Waals surface area contributed by atoms with Crippen LogP contribution in [0.15, 0.2) is 18.2 Å². The van der Waals surface area contributed by atoms with Gasteiger partial charge in [-0.25, -0.2) is 4.39 Å². The molecule has 0 aromatic heterocycles. The zero-order valence-corrected chi connectivity index (χ0v) is 11.3. The molecule has 1 saturated heterocycles. The van der Waals surface area contributed by atoms with Crippen molar-refractivity contribution in [2.45, 2.75) is 18.6 Å². The second-order valence-corrected chi connectivity index (χ2v) is 4.87. The number of nitrogens with zero attached hydrogens (tertiary/aromatic N) is 1. The normalized spacial score (nSPS) is 19.5. The second kappa shape index (κ2) is 6.32. The van der Waals surface area contributed by atoms with Gasteiger partial charge in [-0.2, -0.15) is 18.4 Å². The summed E-state index contributed by atoms with van der Waals surface area (Å²) in [6.07, 6.45) is -4.35. The number of nitrogens with one attached hydrogen (secondary N) is 1. The molecule has 2 atom stereocenters. The highest BCUT2D eigenvalue weighted by Gasteiger charge is 2.36. The lowest BCUT2D eigenvalue weighted by Gasteiger charge is -2.17. The lowest BCUT2D eigenvalue weighted by molar-refractivity contribution is -0.140. The SMILES string of the molecule is N#C[C@@H](NC(=O)c1cccc(C(F)(F)F)c1F)[C@H]1CCOC1. The van der Waals surface area contributed by atoms with Crippen molar-refractivity contribution in [1.82, 2.24) is 5.32 Å². The number of hydrogen-bond acceptors (Lipinski definition) is 3. The van der Waals surface area contributed by atoms with Gasteiger partial charge in [0.05, 0.1) is 23.8 Å². The monoisotopic (exact) mass is 316 g/mol. The van der Waals surface area contributed by atoms with Crippen molar-refractivity contribution in [3.8, 4) is 6.07 Å². The molecular weight excluding hydrogens is 304 g/mol. The number of carbonyl (C=O) groups excluding carboxylic acids is 1. The molecule has 1 aromatic rings. The van der Waals surface area contributed by atoms with Crippen LogP contribution in [0.25, 0.3) is 0 Å². The first-order valence-corrected chi connectivity index (χ1v) is 6.48. The summed E-state index contributed by atoms with van der Waals surface area (Å²) in [6.45, 7) is 0.709. The Labute approximate surface area is 123 Å². The van der Waals surface area contributed by atoms with Gasteiger partial charge in [-0.3, -0.25) is 4.79 Å². The van der Waals surface area contributed by atoms with Gasteiger partial charge >= 0.3 is 6.18 Å². The van der Waals surface area contributed by atoms with Gasteiger partial charge in [-0.15, -0.1) is 0 Å². The minimum absolute atomic E-state index is 0.261. The molecule has 1 aliphatic heterocycles. The lowest BCUT2D eigenvalue weighted by Crippen LogP contribution is -2.40. The first-order valence-electron chi connectivity index (χ1n) is 6.48. The van der Waals surface area contributed by atoms with E-state index in [0.717, 1.165) is 12.1 Å². The summed E-state index contributed by atoms with van der Waals surface area (Å²) < 4.78 is 56.8. The molecule has 22 heavy (non-hydrogen) atoms. The van der Waals surface area contributed by atoms with Gasteiger partial charge in [0, 0.05) is 12.5 Å². The molecule has 8 heteroatoms. The molecule has 1 aromatic carbocycles. The minimum Gasteiger partial charge on any atom is -0.381 e. The molecule has 118 valence electrons. The average Bonchev–Trinajstić information content (AvgIpc) is 2.97. The van der Waals surface area contributed by atoms with E-state index in [0.29, 0.717) is 19.1 Å². The number of carbonyl (C=O) groups is 1. The fourth-order valence-electron chi connectivity index (χ4n) is 2.22. The van der Waals surface area contributed by atoms with Gasteiger partial charge < -0.3 is 10.1 Å². The Morgan fingerprint density at radius 3 is 2.73 bits per heavy atom. The van der Waals surface area contributed by atoms with Gasteiger partial charge in [-0.1, -0.05) is 6.07 Å². The highest BCUT2D eigenvalue weighted by atomic mass is 19.4. The smallest absolute Gasteiger partial charge is 0.381 e. The van der Waals surface area contributed by atoms with Gasteiger partial charge in [0.15, 0.2) is 0 Å². The molecule has 1 amide bonds. The van der Waals surface area contributed by atoms with Crippen molar-refractivity contribution >= 4 is 5.91 Å². The number of hydrogen-bond donors (Lipinski definition) is 1. The Kier molecular flexibility index (Phi) is 4.66. The summed E-state index contributed by atoms with van der Waals surface area (Å²) in [6, 6.07) is 3.36.